The molecule has 0 saturated carbocycles. The van der Waals surface area contributed by atoms with Crippen LogP contribution in [0.15, 0.2) is 70.1 Å². The van der Waals surface area contributed by atoms with Crippen LogP contribution in [-0.4, -0.2) is 41.9 Å². The highest BCUT2D eigenvalue weighted by Crippen LogP contribution is 2.28. The molecule has 1 aliphatic heterocycles. The Kier molecular flexibility index (Phi) is 5.89. The van der Waals surface area contributed by atoms with Crippen molar-refractivity contribution >= 4 is 32.7 Å². The number of aromatic nitrogens is 2. The molecule has 9 heteroatoms. The summed E-state index contributed by atoms with van der Waals surface area (Å²) in [6.45, 7) is 2.78. The van der Waals surface area contributed by atoms with Crippen molar-refractivity contribution < 1.29 is 17.7 Å². The molecule has 4 aromatic rings. The van der Waals surface area contributed by atoms with Gasteiger partial charge in [-0.15, -0.1) is 0 Å². The molecule has 1 fully saturated rings. The molecule has 5 rings (SSSR count). The van der Waals surface area contributed by atoms with Gasteiger partial charge in [0.1, 0.15) is 0 Å². The third kappa shape index (κ3) is 4.20. The molecule has 0 atom stereocenters. The Morgan fingerprint density at radius 1 is 1.00 bits per heavy atom. The first-order valence-corrected chi connectivity index (χ1v) is 12.6. The number of rotatable bonds is 5. The molecule has 34 heavy (non-hydrogen) atoms. The Labute approximate surface area is 197 Å². The average molecular weight is 477 g/mol. The van der Waals surface area contributed by atoms with Crippen molar-refractivity contribution in [3.05, 3.63) is 71.9 Å². The molecule has 1 saturated heterocycles. The Morgan fingerprint density at radius 2 is 1.76 bits per heavy atom. The maximum atomic E-state index is 13.4. The fourth-order valence-electron chi connectivity index (χ4n) is 4.22. The van der Waals surface area contributed by atoms with Crippen molar-refractivity contribution in [1.82, 2.24) is 14.4 Å². The van der Waals surface area contributed by atoms with Gasteiger partial charge in [0.05, 0.1) is 27.2 Å². The highest BCUT2D eigenvalue weighted by Gasteiger charge is 2.26. The second kappa shape index (κ2) is 9.00. The first kappa shape index (κ1) is 22.2. The van der Waals surface area contributed by atoms with E-state index in [0.29, 0.717) is 41.1 Å². The van der Waals surface area contributed by atoms with Crippen LogP contribution >= 0.6 is 0 Å². The standard InChI is InChI=1S/C25H24N4O4S/c1-17-23-21(16-22(27-25(23)33-28-17)18-9-4-2-5-10-18)24(30)26-19-11-8-12-20(15-19)34(31,32)29-13-6-3-7-14-29/h2,4-5,8-12,15-16H,3,6-7,13-14H2,1H3,(H,26,30). The summed E-state index contributed by atoms with van der Waals surface area (Å²) in [6.07, 6.45) is 2.75. The quantitative estimate of drug-likeness (QED) is 0.450. The van der Waals surface area contributed by atoms with E-state index in [4.69, 9.17) is 4.52 Å². The summed E-state index contributed by atoms with van der Waals surface area (Å²) in [5.41, 5.74) is 2.98. The molecule has 8 nitrogen and oxygen atoms in total. The Balaban J connectivity index is 1.49. The highest BCUT2D eigenvalue weighted by molar-refractivity contribution is 7.89. The second-order valence-corrected chi connectivity index (χ2v) is 10.3. The first-order chi connectivity index (χ1) is 16.4. The third-order valence-corrected chi connectivity index (χ3v) is 7.87. The molecule has 1 N–H and O–H groups in total. The second-order valence-electron chi connectivity index (χ2n) is 8.32. The van der Waals surface area contributed by atoms with Crippen molar-refractivity contribution in [2.75, 3.05) is 18.4 Å². The summed E-state index contributed by atoms with van der Waals surface area (Å²) >= 11 is 0. The lowest BCUT2D eigenvalue weighted by atomic mass is 10.1. The molecule has 0 spiro atoms. The summed E-state index contributed by atoms with van der Waals surface area (Å²) in [5, 5.41) is 7.34. The zero-order chi connectivity index (χ0) is 23.7. The van der Waals surface area contributed by atoms with Crippen molar-refractivity contribution in [3.8, 4) is 11.3 Å². The summed E-state index contributed by atoms with van der Waals surface area (Å²) < 4.78 is 33.0. The van der Waals surface area contributed by atoms with Crippen LogP contribution in [0.1, 0.15) is 35.3 Å². The molecule has 2 aromatic heterocycles. The van der Waals surface area contributed by atoms with Crippen LogP contribution in [0.25, 0.3) is 22.4 Å². The first-order valence-electron chi connectivity index (χ1n) is 11.2. The monoisotopic (exact) mass is 476 g/mol. The van der Waals surface area contributed by atoms with Gasteiger partial charge in [-0.05, 0) is 44.0 Å². The van der Waals surface area contributed by atoms with Crippen molar-refractivity contribution in [2.24, 2.45) is 0 Å². The van der Waals surface area contributed by atoms with E-state index in [1.807, 2.05) is 30.3 Å². The predicted octanol–water partition coefficient (Wildman–Crippen LogP) is 4.63. The largest absolute Gasteiger partial charge is 0.335 e. The van der Waals surface area contributed by atoms with Gasteiger partial charge in [0.15, 0.2) is 0 Å². The van der Waals surface area contributed by atoms with Gasteiger partial charge in [0, 0.05) is 24.3 Å². The summed E-state index contributed by atoms with van der Waals surface area (Å²) in [6, 6.07) is 17.5. The fraction of sp³-hybridized carbons (Fsp3) is 0.240. The maximum Gasteiger partial charge on any atom is 0.259 e. The molecule has 1 aliphatic rings. The van der Waals surface area contributed by atoms with Gasteiger partial charge < -0.3 is 9.84 Å². The van der Waals surface area contributed by atoms with Crippen LogP contribution in [-0.2, 0) is 10.0 Å². The topological polar surface area (TPSA) is 105 Å². The summed E-state index contributed by atoms with van der Waals surface area (Å²) in [4.78, 5) is 18.0. The number of pyridine rings is 1. The number of amides is 1. The number of benzene rings is 2. The van der Waals surface area contributed by atoms with Gasteiger partial charge in [-0.25, -0.2) is 13.4 Å². The molecule has 2 aromatic carbocycles. The van der Waals surface area contributed by atoms with Gasteiger partial charge in [0.25, 0.3) is 11.6 Å². The number of hydrogen-bond acceptors (Lipinski definition) is 6. The molecule has 174 valence electrons. The maximum absolute atomic E-state index is 13.4. The van der Waals surface area contributed by atoms with Crippen LogP contribution in [0.2, 0.25) is 0 Å². The normalized spacial score (nSPS) is 14.9. The minimum absolute atomic E-state index is 0.165. The van der Waals surface area contributed by atoms with E-state index >= 15 is 0 Å². The summed E-state index contributed by atoms with van der Waals surface area (Å²) in [7, 11) is -3.61. The number of hydrogen-bond donors (Lipinski definition) is 1. The fourth-order valence-corrected chi connectivity index (χ4v) is 5.78. The highest BCUT2D eigenvalue weighted by atomic mass is 32.2. The van der Waals surface area contributed by atoms with Gasteiger partial charge >= 0.3 is 0 Å². The van der Waals surface area contributed by atoms with E-state index in [-0.39, 0.29) is 10.6 Å². The van der Waals surface area contributed by atoms with Crippen LogP contribution in [0.3, 0.4) is 0 Å². The van der Waals surface area contributed by atoms with E-state index in [1.54, 1.807) is 31.2 Å². The van der Waals surface area contributed by atoms with Gasteiger partial charge in [-0.1, -0.05) is 48.0 Å². The van der Waals surface area contributed by atoms with Gasteiger partial charge in [-0.2, -0.15) is 4.31 Å². The number of piperidine rings is 1. The minimum atomic E-state index is -3.61. The predicted molar refractivity (Wildman–Crippen MR) is 129 cm³/mol. The zero-order valence-corrected chi connectivity index (χ0v) is 19.5. The van der Waals surface area contributed by atoms with Crippen molar-refractivity contribution in [1.29, 1.82) is 0 Å². The summed E-state index contributed by atoms with van der Waals surface area (Å²) in [5.74, 6) is -0.400. The lowest BCUT2D eigenvalue weighted by Gasteiger charge is -2.26. The molecule has 0 unspecified atom stereocenters. The van der Waals surface area contributed by atoms with Crippen LogP contribution < -0.4 is 5.32 Å². The van der Waals surface area contributed by atoms with Crippen LogP contribution in [0, 0.1) is 6.92 Å². The third-order valence-electron chi connectivity index (χ3n) is 5.98. The number of nitrogens with zero attached hydrogens (tertiary/aromatic N) is 3. The molecular weight excluding hydrogens is 452 g/mol. The Bertz CT molecular complexity index is 1460. The van der Waals surface area contributed by atoms with Gasteiger partial charge in [0.2, 0.25) is 10.0 Å². The lowest BCUT2D eigenvalue weighted by Crippen LogP contribution is -2.35. The molecule has 1 amide bonds. The van der Waals surface area contributed by atoms with Crippen molar-refractivity contribution in [2.45, 2.75) is 31.1 Å². The van der Waals surface area contributed by atoms with E-state index in [2.05, 4.69) is 15.5 Å². The SMILES string of the molecule is Cc1noc2nc(-c3ccccc3)cc(C(=O)Nc3cccc(S(=O)(=O)N4CCCCC4)c3)c12. The van der Waals surface area contributed by atoms with Crippen molar-refractivity contribution in [3.63, 3.8) is 0 Å². The molecule has 0 bridgehead atoms. The molecule has 0 radical (unpaired) electrons. The smallest absolute Gasteiger partial charge is 0.259 e. The number of aryl methyl sites for hydroxylation is 1. The Morgan fingerprint density at radius 3 is 2.53 bits per heavy atom. The van der Waals surface area contributed by atoms with E-state index in [0.717, 1.165) is 24.8 Å². The number of sulfonamides is 1. The number of carbonyl (C=O) groups is 1. The number of carbonyl (C=O) groups excluding carboxylic acids is 1. The number of nitrogens with one attached hydrogen (secondary N) is 1. The minimum Gasteiger partial charge on any atom is -0.335 e. The van der Waals surface area contributed by atoms with Gasteiger partial charge in [-0.3, -0.25) is 4.79 Å². The number of anilines is 1. The van der Waals surface area contributed by atoms with Crippen LogP contribution in [0.4, 0.5) is 5.69 Å². The molecule has 3 heterocycles. The molecule has 0 aliphatic carbocycles. The van der Waals surface area contributed by atoms with E-state index in [1.165, 1.54) is 10.4 Å². The van der Waals surface area contributed by atoms with Crippen LogP contribution in [0.5, 0.6) is 0 Å². The lowest BCUT2D eigenvalue weighted by molar-refractivity contribution is 0.102. The molecular formula is C25H24N4O4S. The zero-order valence-electron chi connectivity index (χ0n) is 18.7. The average Bonchev–Trinajstić information content (AvgIpc) is 3.25. The van der Waals surface area contributed by atoms with E-state index in [9.17, 15) is 13.2 Å². The number of fused-ring (bicyclic) bond motifs is 1. The Hall–Kier alpha value is -3.56. The van der Waals surface area contributed by atoms with E-state index < -0.39 is 15.9 Å².